The van der Waals surface area contributed by atoms with Crippen LogP contribution in [0.4, 0.5) is 4.20 Å². The first kappa shape index (κ1) is 4.09. The van der Waals surface area contributed by atoms with Crippen molar-refractivity contribution in [2.45, 2.75) is 0 Å². The van der Waals surface area contributed by atoms with Gasteiger partial charge in [-0.1, -0.05) is 0 Å². The van der Waals surface area contributed by atoms with Gasteiger partial charge < -0.3 is 0 Å². The van der Waals surface area contributed by atoms with Gasteiger partial charge in [0.05, 0.1) is 0 Å². The van der Waals surface area contributed by atoms with Crippen LogP contribution >= 0.6 is 7.90 Å². The van der Waals surface area contributed by atoms with Crippen LogP contribution in [-0.4, -0.2) is 7.57 Å². The second-order valence-electron chi connectivity index (χ2n) is 0.311. The highest BCUT2D eigenvalue weighted by Gasteiger charge is 1.87. The Morgan fingerprint density at radius 3 is 2.00 bits per heavy atom. The first-order chi connectivity index (χ1) is 1.73. The van der Waals surface area contributed by atoms with Crippen LogP contribution in [0.25, 0.3) is 0 Å². The zero-order valence-electron chi connectivity index (χ0n) is 1.90. The van der Waals surface area contributed by atoms with E-state index in [0.29, 0.717) is 0 Å². The summed E-state index contributed by atoms with van der Waals surface area (Å²) < 4.78 is 10.5. The molecule has 0 aliphatic rings. The summed E-state index contributed by atoms with van der Waals surface area (Å²) in [6, 6.07) is 0. The van der Waals surface area contributed by atoms with Crippen LogP contribution in [0.5, 0.6) is 0 Å². The molecule has 1 N–H and O–H groups in total. The van der Waals surface area contributed by atoms with Gasteiger partial charge in [0.15, 0.2) is 0 Å². The zero-order valence-corrected chi connectivity index (χ0v) is 2.80. The van der Waals surface area contributed by atoms with Gasteiger partial charge in [-0.25, -0.2) is 0 Å². The van der Waals surface area contributed by atoms with Crippen LogP contribution in [0, 0.1) is 5.16 Å². The third kappa shape index (κ3) is 279. The van der Waals surface area contributed by atoms with Crippen molar-refractivity contribution >= 4 is 15.5 Å². The quantitative estimate of drug-likeness (QED) is 0.331. The summed E-state index contributed by atoms with van der Waals surface area (Å²) in [6.07, 6.45) is 0. The van der Waals surface area contributed by atoms with Crippen LogP contribution in [-0.2, 0) is 0 Å². The Morgan fingerprint density at radius 1 is 2.00 bits per heavy atom. The third-order valence-electron chi connectivity index (χ3n) is 0. The molecule has 1 atom stereocenters. The summed E-state index contributed by atoms with van der Waals surface area (Å²) in [5.74, 6) is 0. The van der Waals surface area contributed by atoms with E-state index in [1.165, 1.54) is 0 Å². The van der Waals surface area contributed by atoms with Crippen molar-refractivity contribution in [3.63, 3.8) is 0 Å². The van der Waals surface area contributed by atoms with Gasteiger partial charge in [-0.2, -0.15) is 0 Å². The highest BCUT2D eigenvalue weighted by molar-refractivity contribution is 7.68. The molecule has 0 bridgehead atoms. The fourth-order valence-corrected chi connectivity index (χ4v) is 0. The Balaban J connectivity index is 2.80. The monoisotopic (exact) mass is 76.0 g/mol. The lowest BCUT2D eigenvalue weighted by molar-refractivity contribution is 0.916. The molecule has 4 heavy (non-hydrogen) atoms. The molecule has 0 rings (SSSR count). The van der Waals surface area contributed by atoms with Crippen molar-refractivity contribution in [3.05, 3.63) is 0 Å². The molecule has 0 aliphatic heterocycles. The Hall–Kier alpha value is 0.0949. The van der Waals surface area contributed by atoms with Gasteiger partial charge in [0, 0.05) is 4.20 Å². The second kappa shape index (κ2) is 1.42. The molecule has 4 heteroatoms. The van der Waals surface area contributed by atoms with Gasteiger partial charge in [0.1, 0.15) is 0 Å². The SMILES string of the molecule is [B][P+](=N)F. The molecular formula is HBFNP+. The van der Waals surface area contributed by atoms with E-state index in [1.807, 2.05) is 0 Å². The topological polar surface area (TPSA) is 23.9 Å². The molecule has 0 aromatic rings. The van der Waals surface area contributed by atoms with Crippen molar-refractivity contribution in [3.8, 4) is 0 Å². The van der Waals surface area contributed by atoms with E-state index < -0.39 is 7.90 Å². The van der Waals surface area contributed by atoms with Crippen molar-refractivity contribution in [1.82, 2.24) is 0 Å². The van der Waals surface area contributed by atoms with E-state index in [4.69, 9.17) is 5.16 Å². The summed E-state index contributed by atoms with van der Waals surface area (Å²) in [5.41, 5.74) is 0. The molecule has 0 fully saturated rings. The second-order valence-corrected chi connectivity index (χ2v) is 0.934. The Morgan fingerprint density at radius 2 is 2.00 bits per heavy atom. The number of hydrogen-bond donors (Lipinski definition) is 1. The largest absolute Gasteiger partial charge is 0.532 e. The van der Waals surface area contributed by atoms with Gasteiger partial charge in [0.25, 0.3) is 0 Å². The Kier molecular flexibility index (Phi) is 1.45. The number of hydrogen-bond acceptors (Lipinski definition) is 1. The number of halogens is 1. The lowest BCUT2D eigenvalue weighted by atomic mass is 10.8. The number of rotatable bonds is 0. The zero-order chi connectivity index (χ0) is 3.58. The maximum atomic E-state index is 10.5. The van der Waals surface area contributed by atoms with Crippen molar-refractivity contribution in [1.29, 1.82) is 5.16 Å². The van der Waals surface area contributed by atoms with E-state index in [9.17, 15) is 4.20 Å². The predicted octanol–water partition coefficient (Wildman–Crippen LogP) is 1.20. The minimum atomic E-state index is -2.37. The lowest BCUT2D eigenvalue weighted by Crippen LogP contribution is -1.25. The third-order valence-corrected chi connectivity index (χ3v) is 0. The van der Waals surface area contributed by atoms with E-state index in [0.717, 1.165) is 0 Å². The summed E-state index contributed by atoms with van der Waals surface area (Å²) in [6.45, 7) is 0. The summed E-state index contributed by atoms with van der Waals surface area (Å²) in [7, 11) is 1.81. The Labute approximate surface area is 26.0 Å². The average molecular weight is 75.8 g/mol. The standard InChI is InChI=1S/BFHNP/c1-4(2)3/h3H/q+1. The van der Waals surface area contributed by atoms with Crippen molar-refractivity contribution in [2.24, 2.45) is 0 Å². The van der Waals surface area contributed by atoms with Crippen LogP contribution < -0.4 is 0 Å². The molecule has 0 aliphatic carbocycles. The minimum Gasteiger partial charge on any atom is -0.109 e. The Bertz CT molecular complexity index is 31.0. The van der Waals surface area contributed by atoms with E-state index in [1.54, 1.807) is 0 Å². The molecule has 0 spiro atoms. The molecule has 1 unspecified atom stereocenters. The maximum Gasteiger partial charge on any atom is 0.532 e. The smallest absolute Gasteiger partial charge is 0.109 e. The molecule has 0 amide bonds. The van der Waals surface area contributed by atoms with Crippen LogP contribution in [0.3, 0.4) is 0 Å². The van der Waals surface area contributed by atoms with Gasteiger partial charge >= 0.3 is 15.5 Å². The molecular weight excluding hydrogens is 74.8 g/mol. The number of nitrogens with one attached hydrogen (secondary N) is 1. The minimum absolute atomic E-state index is 2.37. The molecule has 0 heterocycles. The highest BCUT2D eigenvalue weighted by atomic mass is 31.1. The maximum absolute atomic E-state index is 10.5. The van der Waals surface area contributed by atoms with Gasteiger partial charge in [-0.05, 0) is 0 Å². The average Bonchev–Trinajstić information content (AvgIpc) is 0.811. The fourth-order valence-electron chi connectivity index (χ4n) is 0. The summed E-state index contributed by atoms with van der Waals surface area (Å²) >= 11 is 0. The molecule has 2 radical (unpaired) electrons. The first-order valence-corrected chi connectivity index (χ1v) is 1.95. The first-order valence-electron chi connectivity index (χ1n) is 0.651. The molecule has 20 valence electrons. The van der Waals surface area contributed by atoms with Crippen molar-refractivity contribution < 1.29 is 4.20 Å². The molecule has 0 saturated heterocycles. The molecule has 0 saturated carbocycles. The normalized spacial score (nSPS) is 10.8. The van der Waals surface area contributed by atoms with E-state index in [-0.39, 0.29) is 0 Å². The molecule has 1 nitrogen and oxygen atoms in total. The predicted molar refractivity (Wildman–Crippen MR) is 16.5 cm³/mol. The van der Waals surface area contributed by atoms with Gasteiger partial charge in [-0.15, -0.1) is 5.16 Å². The fraction of sp³-hybridized carbons (Fsp3) is 0. The molecule has 0 aromatic heterocycles. The van der Waals surface area contributed by atoms with Crippen LogP contribution in [0.15, 0.2) is 0 Å². The lowest BCUT2D eigenvalue weighted by Gasteiger charge is -1.35. The van der Waals surface area contributed by atoms with Crippen LogP contribution in [0.1, 0.15) is 0 Å². The van der Waals surface area contributed by atoms with Crippen LogP contribution in [0.2, 0.25) is 0 Å². The molecule has 0 aromatic carbocycles. The summed E-state index contributed by atoms with van der Waals surface area (Å²) in [4.78, 5) is 0. The van der Waals surface area contributed by atoms with Gasteiger partial charge in [-0.3, -0.25) is 0 Å². The van der Waals surface area contributed by atoms with E-state index in [2.05, 4.69) is 7.57 Å². The van der Waals surface area contributed by atoms with E-state index >= 15 is 0 Å². The van der Waals surface area contributed by atoms with Crippen molar-refractivity contribution in [2.75, 3.05) is 0 Å². The van der Waals surface area contributed by atoms with Gasteiger partial charge in [0.2, 0.25) is 0 Å². The highest BCUT2D eigenvalue weighted by Crippen LogP contribution is 2.11. The summed E-state index contributed by atoms with van der Waals surface area (Å²) in [5, 5.41) is 5.76.